The molecule has 0 saturated heterocycles. The van der Waals surface area contributed by atoms with Gasteiger partial charge in [-0.25, -0.2) is 4.98 Å². The Kier molecular flexibility index (Phi) is 2.74. The molecule has 1 aliphatic carbocycles. The van der Waals surface area contributed by atoms with Gasteiger partial charge in [0.05, 0.1) is 5.69 Å². The van der Waals surface area contributed by atoms with Crippen LogP contribution in [0.4, 0.5) is 5.69 Å². The van der Waals surface area contributed by atoms with Gasteiger partial charge in [-0.15, -0.1) is 11.3 Å². The van der Waals surface area contributed by atoms with Crippen LogP contribution in [0, 0.1) is 5.92 Å². The second-order valence-electron chi connectivity index (χ2n) is 5.65. The lowest BCUT2D eigenvalue weighted by atomic mass is 9.98. The van der Waals surface area contributed by atoms with Crippen LogP contribution in [-0.2, 0) is 0 Å². The third-order valence-corrected chi connectivity index (χ3v) is 4.87. The van der Waals surface area contributed by atoms with Crippen LogP contribution in [-0.4, -0.2) is 16.4 Å². The molecule has 1 amide bonds. The van der Waals surface area contributed by atoms with E-state index in [1.165, 1.54) is 24.2 Å². The molecule has 3 rings (SSSR count). The molecule has 2 aromatic heterocycles. The number of hydrogen-bond donors (Lipinski definition) is 2. The van der Waals surface area contributed by atoms with E-state index in [1.807, 2.05) is 12.1 Å². The van der Waals surface area contributed by atoms with Gasteiger partial charge < -0.3 is 11.1 Å². The van der Waals surface area contributed by atoms with E-state index in [-0.39, 0.29) is 11.4 Å². The van der Waals surface area contributed by atoms with Gasteiger partial charge >= 0.3 is 0 Å². The average molecular weight is 275 g/mol. The topological polar surface area (TPSA) is 68.0 Å². The molecule has 0 aromatic carbocycles. The number of anilines is 1. The molecule has 5 heteroatoms. The van der Waals surface area contributed by atoms with Gasteiger partial charge in [-0.05, 0) is 44.7 Å². The predicted octanol–water partition coefficient (Wildman–Crippen LogP) is 2.80. The number of nitrogens with zero attached hydrogens (tertiary/aromatic N) is 1. The van der Waals surface area contributed by atoms with E-state index in [4.69, 9.17) is 5.73 Å². The van der Waals surface area contributed by atoms with Gasteiger partial charge in [0, 0.05) is 17.1 Å². The van der Waals surface area contributed by atoms with Crippen molar-refractivity contribution in [2.45, 2.75) is 32.2 Å². The van der Waals surface area contributed by atoms with E-state index in [9.17, 15) is 4.79 Å². The SMILES string of the molecule is CC(C)(NC(=O)c1sc2ncccc2c1N)C1CC1. The minimum absolute atomic E-state index is 0.0857. The number of carbonyl (C=O) groups is 1. The third-order valence-electron chi connectivity index (χ3n) is 3.74. The molecule has 0 radical (unpaired) electrons. The monoisotopic (exact) mass is 275 g/mol. The predicted molar refractivity (Wildman–Crippen MR) is 78.3 cm³/mol. The molecule has 1 fully saturated rings. The van der Waals surface area contributed by atoms with E-state index in [1.54, 1.807) is 6.20 Å². The molecule has 2 heterocycles. The normalized spacial score (nSPS) is 15.7. The fraction of sp³-hybridized carbons (Fsp3) is 0.429. The lowest BCUT2D eigenvalue weighted by molar-refractivity contribution is 0.0908. The first kappa shape index (κ1) is 12.4. The Hall–Kier alpha value is -1.62. The van der Waals surface area contributed by atoms with E-state index in [0.29, 0.717) is 16.5 Å². The first-order valence-corrected chi connectivity index (χ1v) is 7.26. The largest absolute Gasteiger partial charge is 0.397 e. The molecule has 0 unspecified atom stereocenters. The molecule has 0 aliphatic heterocycles. The van der Waals surface area contributed by atoms with Crippen LogP contribution in [0.2, 0.25) is 0 Å². The zero-order chi connectivity index (χ0) is 13.6. The number of carbonyl (C=O) groups excluding carboxylic acids is 1. The van der Waals surface area contributed by atoms with Crippen LogP contribution in [0.1, 0.15) is 36.4 Å². The van der Waals surface area contributed by atoms with Crippen molar-refractivity contribution in [1.29, 1.82) is 0 Å². The number of nitrogen functional groups attached to an aromatic ring is 1. The van der Waals surface area contributed by atoms with Gasteiger partial charge in [0.1, 0.15) is 9.71 Å². The number of hydrogen-bond acceptors (Lipinski definition) is 4. The molecule has 2 aromatic rings. The molecule has 0 spiro atoms. The summed E-state index contributed by atoms with van der Waals surface area (Å²) in [5, 5.41) is 3.96. The first-order chi connectivity index (χ1) is 8.99. The van der Waals surface area contributed by atoms with Gasteiger partial charge in [0.25, 0.3) is 5.91 Å². The molecular formula is C14H17N3OS. The lowest BCUT2D eigenvalue weighted by Gasteiger charge is -2.25. The van der Waals surface area contributed by atoms with Crippen LogP contribution in [0.15, 0.2) is 18.3 Å². The van der Waals surface area contributed by atoms with Crippen molar-refractivity contribution in [2.75, 3.05) is 5.73 Å². The van der Waals surface area contributed by atoms with Crippen LogP contribution >= 0.6 is 11.3 Å². The average Bonchev–Trinajstić information content (AvgIpc) is 3.16. The van der Waals surface area contributed by atoms with Crippen LogP contribution in [0.5, 0.6) is 0 Å². The second-order valence-corrected chi connectivity index (χ2v) is 6.65. The highest BCUT2D eigenvalue weighted by atomic mass is 32.1. The summed E-state index contributed by atoms with van der Waals surface area (Å²) < 4.78 is 0. The second kappa shape index (κ2) is 4.20. The van der Waals surface area contributed by atoms with Gasteiger partial charge in [-0.2, -0.15) is 0 Å². The quantitative estimate of drug-likeness (QED) is 0.905. The summed E-state index contributed by atoms with van der Waals surface area (Å²) in [6.07, 6.45) is 4.10. The molecular weight excluding hydrogens is 258 g/mol. The number of nitrogens with one attached hydrogen (secondary N) is 1. The fourth-order valence-electron chi connectivity index (χ4n) is 2.38. The van der Waals surface area contributed by atoms with Gasteiger partial charge in [0.15, 0.2) is 0 Å². The number of aromatic nitrogens is 1. The smallest absolute Gasteiger partial charge is 0.263 e. The van der Waals surface area contributed by atoms with Crippen molar-refractivity contribution in [2.24, 2.45) is 5.92 Å². The highest BCUT2D eigenvalue weighted by Crippen LogP contribution is 2.40. The van der Waals surface area contributed by atoms with Crippen LogP contribution in [0.25, 0.3) is 10.2 Å². The zero-order valence-electron chi connectivity index (χ0n) is 11.1. The Morgan fingerprint density at radius 3 is 2.89 bits per heavy atom. The Morgan fingerprint density at radius 2 is 2.26 bits per heavy atom. The van der Waals surface area contributed by atoms with Gasteiger partial charge in [-0.3, -0.25) is 4.79 Å². The lowest BCUT2D eigenvalue weighted by Crippen LogP contribution is -2.45. The summed E-state index contributed by atoms with van der Waals surface area (Å²) in [5.74, 6) is 0.502. The summed E-state index contributed by atoms with van der Waals surface area (Å²) in [6.45, 7) is 4.15. The number of thiophene rings is 1. The maximum atomic E-state index is 12.4. The maximum absolute atomic E-state index is 12.4. The molecule has 100 valence electrons. The molecule has 4 nitrogen and oxygen atoms in total. The Labute approximate surface area is 116 Å². The Morgan fingerprint density at radius 1 is 1.53 bits per heavy atom. The Balaban J connectivity index is 1.91. The minimum Gasteiger partial charge on any atom is -0.397 e. The summed E-state index contributed by atoms with van der Waals surface area (Å²) in [7, 11) is 0. The molecule has 1 saturated carbocycles. The van der Waals surface area contributed by atoms with Crippen molar-refractivity contribution in [3.8, 4) is 0 Å². The number of fused-ring (bicyclic) bond motifs is 1. The van der Waals surface area contributed by atoms with Crippen molar-refractivity contribution in [1.82, 2.24) is 10.3 Å². The number of pyridine rings is 1. The van der Waals surface area contributed by atoms with Crippen molar-refractivity contribution >= 4 is 33.1 Å². The highest BCUT2D eigenvalue weighted by Gasteiger charge is 2.39. The van der Waals surface area contributed by atoms with Gasteiger partial charge in [0.2, 0.25) is 0 Å². The van der Waals surface area contributed by atoms with Crippen molar-refractivity contribution < 1.29 is 4.79 Å². The summed E-state index contributed by atoms with van der Waals surface area (Å²) in [4.78, 5) is 18.0. The van der Waals surface area contributed by atoms with E-state index in [2.05, 4.69) is 24.1 Å². The Bertz CT molecular complexity index is 643. The van der Waals surface area contributed by atoms with E-state index >= 15 is 0 Å². The van der Waals surface area contributed by atoms with Crippen molar-refractivity contribution in [3.63, 3.8) is 0 Å². The maximum Gasteiger partial charge on any atom is 0.263 e. The third kappa shape index (κ3) is 2.18. The standard InChI is InChI=1S/C14H17N3OS/c1-14(2,8-5-6-8)17-12(18)11-10(15)9-4-3-7-16-13(9)19-11/h3-4,7-8H,5-6,15H2,1-2H3,(H,17,18). The molecule has 0 atom stereocenters. The van der Waals surface area contributed by atoms with Crippen molar-refractivity contribution in [3.05, 3.63) is 23.2 Å². The first-order valence-electron chi connectivity index (χ1n) is 6.44. The van der Waals surface area contributed by atoms with Gasteiger partial charge in [-0.1, -0.05) is 0 Å². The molecule has 0 bridgehead atoms. The zero-order valence-corrected chi connectivity index (χ0v) is 11.9. The minimum atomic E-state index is -0.160. The van der Waals surface area contributed by atoms with E-state index in [0.717, 1.165) is 10.2 Å². The molecule has 1 aliphatic rings. The summed E-state index contributed by atoms with van der Waals surface area (Å²) in [6, 6.07) is 3.73. The number of rotatable bonds is 3. The summed E-state index contributed by atoms with van der Waals surface area (Å²) in [5.41, 5.74) is 6.44. The number of nitrogens with two attached hydrogens (primary N) is 1. The fourth-order valence-corrected chi connectivity index (χ4v) is 3.33. The highest BCUT2D eigenvalue weighted by molar-refractivity contribution is 7.21. The van der Waals surface area contributed by atoms with Crippen LogP contribution in [0.3, 0.4) is 0 Å². The van der Waals surface area contributed by atoms with Crippen LogP contribution < -0.4 is 11.1 Å². The number of amides is 1. The molecule has 3 N–H and O–H groups in total. The summed E-state index contributed by atoms with van der Waals surface area (Å²) >= 11 is 1.36. The van der Waals surface area contributed by atoms with E-state index < -0.39 is 0 Å². The molecule has 19 heavy (non-hydrogen) atoms.